The van der Waals surface area contributed by atoms with Crippen molar-refractivity contribution in [1.82, 2.24) is 5.32 Å². The summed E-state index contributed by atoms with van der Waals surface area (Å²) in [5.74, 6) is 3.24. The summed E-state index contributed by atoms with van der Waals surface area (Å²) in [5, 5.41) is 3.39. The Morgan fingerprint density at radius 3 is 2.68 bits per heavy atom. The van der Waals surface area contributed by atoms with Crippen LogP contribution in [0, 0.1) is 0 Å². The van der Waals surface area contributed by atoms with Crippen molar-refractivity contribution in [3.05, 3.63) is 48.0 Å². The van der Waals surface area contributed by atoms with Gasteiger partial charge in [-0.25, -0.2) is 0 Å². The van der Waals surface area contributed by atoms with E-state index in [9.17, 15) is 0 Å². The Bertz CT molecular complexity index is 673. The second-order valence-electron chi connectivity index (χ2n) is 5.32. The molecule has 22 heavy (non-hydrogen) atoms. The number of ether oxygens (including phenoxy) is 4. The van der Waals surface area contributed by atoms with E-state index in [1.54, 1.807) is 0 Å². The summed E-state index contributed by atoms with van der Waals surface area (Å²) in [6.07, 6.45) is 0.0175. The van der Waals surface area contributed by atoms with Gasteiger partial charge in [-0.1, -0.05) is 18.2 Å². The maximum atomic E-state index is 5.91. The molecule has 2 aromatic rings. The maximum Gasteiger partial charge on any atom is 0.231 e. The Hall–Kier alpha value is -2.40. The molecule has 0 bridgehead atoms. The first-order valence-electron chi connectivity index (χ1n) is 7.36. The van der Waals surface area contributed by atoms with Crippen LogP contribution >= 0.6 is 0 Å². The largest absolute Gasteiger partial charge is 0.486 e. The van der Waals surface area contributed by atoms with E-state index in [4.69, 9.17) is 18.9 Å². The molecule has 2 aromatic carbocycles. The lowest BCUT2D eigenvalue weighted by molar-refractivity contribution is 0.0902. The lowest BCUT2D eigenvalue weighted by Crippen LogP contribution is -2.38. The number of fused-ring (bicyclic) bond motifs is 2. The van der Waals surface area contributed by atoms with Gasteiger partial charge in [0.2, 0.25) is 6.79 Å². The number of benzene rings is 2. The third-order valence-corrected chi connectivity index (χ3v) is 3.71. The molecule has 0 saturated heterocycles. The van der Waals surface area contributed by atoms with Crippen LogP contribution in [-0.4, -0.2) is 26.0 Å². The highest BCUT2D eigenvalue weighted by Gasteiger charge is 2.20. The van der Waals surface area contributed by atoms with Gasteiger partial charge in [0.15, 0.2) is 23.0 Å². The number of rotatable bonds is 4. The van der Waals surface area contributed by atoms with Crippen molar-refractivity contribution in [1.29, 1.82) is 0 Å². The predicted octanol–water partition coefficient (Wildman–Crippen LogP) is 2.34. The SMILES string of the molecule is c1ccc2c(c1)OC[C@@H](CNCc1ccc3c(c1)OCO3)O2. The molecule has 0 saturated carbocycles. The van der Waals surface area contributed by atoms with Gasteiger partial charge in [0.25, 0.3) is 0 Å². The van der Waals surface area contributed by atoms with Crippen molar-refractivity contribution in [2.24, 2.45) is 0 Å². The van der Waals surface area contributed by atoms with Crippen molar-refractivity contribution in [2.45, 2.75) is 12.6 Å². The molecule has 2 aliphatic rings. The minimum atomic E-state index is 0.0175. The monoisotopic (exact) mass is 299 g/mol. The highest BCUT2D eigenvalue weighted by Crippen LogP contribution is 2.32. The third kappa shape index (κ3) is 2.67. The van der Waals surface area contributed by atoms with Gasteiger partial charge >= 0.3 is 0 Å². The maximum absolute atomic E-state index is 5.91. The van der Waals surface area contributed by atoms with E-state index in [0.29, 0.717) is 13.4 Å². The molecule has 0 aliphatic carbocycles. The van der Waals surface area contributed by atoms with Crippen LogP contribution < -0.4 is 24.3 Å². The first-order valence-corrected chi connectivity index (χ1v) is 7.36. The first-order chi connectivity index (χ1) is 10.9. The van der Waals surface area contributed by atoms with E-state index in [1.807, 2.05) is 42.5 Å². The fourth-order valence-electron chi connectivity index (χ4n) is 2.59. The van der Waals surface area contributed by atoms with Crippen LogP contribution in [0.5, 0.6) is 23.0 Å². The summed E-state index contributed by atoms with van der Waals surface area (Å²) in [7, 11) is 0. The second kappa shape index (κ2) is 5.77. The molecule has 1 atom stereocenters. The van der Waals surface area contributed by atoms with E-state index in [0.717, 1.165) is 41.7 Å². The van der Waals surface area contributed by atoms with Crippen LogP contribution in [0.1, 0.15) is 5.56 Å². The molecule has 4 rings (SSSR count). The van der Waals surface area contributed by atoms with Gasteiger partial charge in [0, 0.05) is 13.1 Å². The first kappa shape index (κ1) is 13.3. The van der Waals surface area contributed by atoms with Crippen molar-refractivity contribution < 1.29 is 18.9 Å². The molecule has 0 radical (unpaired) electrons. The standard InChI is InChI=1S/C17H17NO4/c1-2-4-16-14(3-1)19-10-13(22-16)9-18-8-12-5-6-15-17(7-12)21-11-20-15/h1-7,13,18H,8-11H2/t13-/m1/s1. The van der Waals surface area contributed by atoms with E-state index >= 15 is 0 Å². The molecule has 1 N–H and O–H groups in total. The topological polar surface area (TPSA) is 49.0 Å². The quantitative estimate of drug-likeness (QED) is 0.939. The van der Waals surface area contributed by atoms with Gasteiger partial charge < -0.3 is 24.3 Å². The van der Waals surface area contributed by atoms with Crippen LogP contribution in [0.25, 0.3) is 0 Å². The van der Waals surface area contributed by atoms with Crippen molar-refractivity contribution in [2.75, 3.05) is 19.9 Å². The lowest BCUT2D eigenvalue weighted by Gasteiger charge is -2.26. The van der Waals surface area contributed by atoms with Crippen LogP contribution in [0.3, 0.4) is 0 Å². The van der Waals surface area contributed by atoms with Gasteiger partial charge in [-0.15, -0.1) is 0 Å². The second-order valence-corrected chi connectivity index (χ2v) is 5.32. The summed E-state index contributed by atoms with van der Waals surface area (Å²) in [5.41, 5.74) is 1.15. The van der Waals surface area contributed by atoms with Crippen LogP contribution in [0.15, 0.2) is 42.5 Å². The molecular weight excluding hydrogens is 282 g/mol. The van der Waals surface area contributed by atoms with Crippen LogP contribution in [0.4, 0.5) is 0 Å². The molecule has 2 aliphatic heterocycles. The molecule has 114 valence electrons. The van der Waals surface area contributed by atoms with Crippen LogP contribution in [-0.2, 0) is 6.54 Å². The number of para-hydroxylation sites is 2. The van der Waals surface area contributed by atoms with Gasteiger partial charge in [-0.05, 0) is 29.8 Å². The molecule has 5 nitrogen and oxygen atoms in total. The average Bonchev–Trinajstić information content (AvgIpc) is 3.02. The minimum absolute atomic E-state index is 0.0175. The zero-order valence-electron chi connectivity index (χ0n) is 12.1. The third-order valence-electron chi connectivity index (χ3n) is 3.71. The molecule has 0 unspecified atom stereocenters. The van der Waals surface area contributed by atoms with Gasteiger partial charge in [0.05, 0.1) is 0 Å². The molecule has 5 heteroatoms. The zero-order valence-corrected chi connectivity index (χ0v) is 12.1. The number of hydrogen-bond donors (Lipinski definition) is 1. The van der Waals surface area contributed by atoms with Gasteiger partial charge in [0.1, 0.15) is 12.7 Å². The summed E-state index contributed by atoms with van der Waals surface area (Å²) in [6, 6.07) is 13.7. The van der Waals surface area contributed by atoms with E-state index < -0.39 is 0 Å². The zero-order chi connectivity index (χ0) is 14.8. The Labute approximate surface area is 128 Å². The van der Waals surface area contributed by atoms with E-state index in [1.165, 1.54) is 0 Å². The molecular formula is C17H17NO4. The normalized spacial score (nSPS) is 18.3. The predicted molar refractivity (Wildman–Crippen MR) is 80.6 cm³/mol. The number of nitrogens with one attached hydrogen (secondary N) is 1. The summed E-state index contributed by atoms with van der Waals surface area (Å²) >= 11 is 0. The van der Waals surface area contributed by atoms with Crippen molar-refractivity contribution in [3.63, 3.8) is 0 Å². The van der Waals surface area contributed by atoms with E-state index in [2.05, 4.69) is 5.32 Å². The molecule has 0 fully saturated rings. The molecule has 2 heterocycles. The summed E-state index contributed by atoms with van der Waals surface area (Å²) < 4.78 is 22.3. The fraction of sp³-hybridized carbons (Fsp3) is 0.294. The Kier molecular flexibility index (Phi) is 3.48. The highest BCUT2D eigenvalue weighted by molar-refractivity contribution is 5.44. The molecule has 0 spiro atoms. The van der Waals surface area contributed by atoms with E-state index in [-0.39, 0.29) is 6.10 Å². The molecule has 0 amide bonds. The Balaban J connectivity index is 1.31. The Morgan fingerprint density at radius 1 is 0.909 bits per heavy atom. The summed E-state index contributed by atoms with van der Waals surface area (Å²) in [4.78, 5) is 0. The Morgan fingerprint density at radius 2 is 1.73 bits per heavy atom. The lowest BCUT2D eigenvalue weighted by atomic mass is 10.2. The number of hydrogen-bond acceptors (Lipinski definition) is 5. The van der Waals surface area contributed by atoms with Gasteiger partial charge in [-0.2, -0.15) is 0 Å². The molecule has 0 aromatic heterocycles. The van der Waals surface area contributed by atoms with Crippen molar-refractivity contribution in [3.8, 4) is 23.0 Å². The summed E-state index contributed by atoms with van der Waals surface area (Å²) in [6.45, 7) is 2.34. The van der Waals surface area contributed by atoms with Gasteiger partial charge in [-0.3, -0.25) is 0 Å². The smallest absolute Gasteiger partial charge is 0.231 e. The average molecular weight is 299 g/mol. The highest BCUT2D eigenvalue weighted by atomic mass is 16.7. The van der Waals surface area contributed by atoms with Crippen molar-refractivity contribution >= 4 is 0 Å². The fourth-order valence-corrected chi connectivity index (χ4v) is 2.59. The van der Waals surface area contributed by atoms with Crippen LogP contribution in [0.2, 0.25) is 0 Å². The minimum Gasteiger partial charge on any atom is -0.486 e.